The van der Waals surface area contributed by atoms with Crippen molar-refractivity contribution < 1.29 is 9.53 Å². The molecule has 0 saturated heterocycles. The van der Waals surface area contributed by atoms with E-state index >= 15 is 0 Å². The number of Topliss-reactive ketones (excluding diaryl/α,β-unsaturated/α-hetero) is 1. The van der Waals surface area contributed by atoms with Crippen molar-refractivity contribution in [3.63, 3.8) is 0 Å². The molecule has 0 amide bonds. The summed E-state index contributed by atoms with van der Waals surface area (Å²) in [6.45, 7) is 1.58. The topological polar surface area (TPSA) is 72.0 Å². The zero-order chi connectivity index (χ0) is 13.0. The molecule has 5 nitrogen and oxygen atoms in total. The van der Waals surface area contributed by atoms with Crippen molar-refractivity contribution in [3.8, 4) is 5.88 Å². The average Bonchev–Trinajstić information content (AvgIpc) is 2.36. The molecule has 0 unspecified atom stereocenters. The van der Waals surface area contributed by atoms with Crippen LogP contribution in [0.3, 0.4) is 0 Å². The van der Waals surface area contributed by atoms with Crippen LogP contribution < -0.4 is 10.4 Å². The molecule has 1 N–H and O–H groups in total. The zero-order valence-corrected chi connectivity index (χ0v) is 9.84. The average molecular weight is 244 g/mol. The molecule has 1 aromatic heterocycles. The number of hydrogen-bond acceptors (Lipinski definition) is 4. The molecule has 0 saturated carbocycles. The van der Waals surface area contributed by atoms with Crippen LogP contribution >= 0.6 is 0 Å². The Balaban J connectivity index is 2.04. The highest BCUT2D eigenvalue weighted by molar-refractivity contribution is 5.97. The quantitative estimate of drug-likeness (QED) is 0.824. The van der Waals surface area contributed by atoms with E-state index in [1.165, 1.54) is 0 Å². The first kappa shape index (κ1) is 12.0. The van der Waals surface area contributed by atoms with Gasteiger partial charge in [0, 0.05) is 17.3 Å². The summed E-state index contributed by atoms with van der Waals surface area (Å²) >= 11 is 0. The first-order valence-electron chi connectivity index (χ1n) is 5.44. The molecule has 1 aromatic carbocycles. The molecule has 0 spiro atoms. The van der Waals surface area contributed by atoms with Crippen LogP contribution in [0.5, 0.6) is 5.88 Å². The van der Waals surface area contributed by atoms with Gasteiger partial charge < -0.3 is 9.72 Å². The largest absolute Gasteiger partial charge is 0.469 e. The van der Waals surface area contributed by atoms with E-state index in [0.717, 1.165) is 0 Å². The van der Waals surface area contributed by atoms with Crippen molar-refractivity contribution in [1.29, 1.82) is 0 Å². The van der Waals surface area contributed by atoms with E-state index in [9.17, 15) is 9.59 Å². The van der Waals surface area contributed by atoms with Gasteiger partial charge in [-0.2, -0.15) is 4.98 Å². The van der Waals surface area contributed by atoms with E-state index in [1.807, 2.05) is 6.07 Å². The lowest BCUT2D eigenvalue weighted by Crippen LogP contribution is -2.16. The second-order valence-electron chi connectivity index (χ2n) is 3.79. The Morgan fingerprint density at radius 1 is 1.33 bits per heavy atom. The van der Waals surface area contributed by atoms with Gasteiger partial charge >= 0.3 is 5.69 Å². The number of carbonyl (C=O) groups excluding carboxylic acids is 1. The van der Waals surface area contributed by atoms with Crippen molar-refractivity contribution >= 4 is 5.78 Å². The van der Waals surface area contributed by atoms with Crippen LogP contribution in [0.2, 0.25) is 0 Å². The lowest BCUT2D eigenvalue weighted by atomic mass is 10.1. The highest BCUT2D eigenvalue weighted by atomic mass is 16.5. The van der Waals surface area contributed by atoms with Crippen molar-refractivity contribution in [2.75, 3.05) is 6.61 Å². The summed E-state index contributed by atoms with van der Waals surface area (Å²) in [6, 6.07) is 10.4. The number of aromatic amines is 1. The molecule has 1 heterocycles. The fraction of sp³-hybridized carbons (Fsp3) is 0.154. The molecule has 92 valence electrons. The second-order valence-corrected chi connectivity index (χ2v) is 3.79. The molecular weight excluding hydrogens is 232 g/mol. The number of nitrogens with zero attached hydrogens (tertiary/aromatic N) is 1. The van der Waals surface area contributed by atoms with Crippen LogP contribution in [0, 0.1) is 6.92 Å². The number of H-pyrrole nitrogens is 1. The first-order chi connectivity index (χ1) is 8.65. The Bertz CT molecular complexity index is 605. The molecule has 0 fully saturated rings. The second kappa shape index (κ2) is 5.27. The minimum Gasteiger partial charge on any atom is -0.469 e. The van der Waals surface area contributed by atoms with Gasteiger partial charge in [-0.25, -0.2) is 4.79 Å². The minimum atomic E-state index is -0.489. The number of rotatable bonds is 4. The first-order valence-corrected chi connectivity index (χ1v) is 5.44. The third-order valence-corrected chi connectivity index (χ3v) is 2.30. The normalized spacial score (nSPS) is 10.1. The van der Waals surface area contributed by atoms with Crippen molar-refractivity contribution in [2.45, 2.75) is 6.92 Å². The number of aromatic nitrogens is 2. The third-order valence-electron chi connectivity index (χ3n) is 2.30. The number of ketones is 1. The van der Waals surface area contributed by atoms with Gasteiger partial charge in [0.1, 0.15) is 0 Å². The fourth-order valence-corrected chi connectivity index (χ4v) is 1.47. The number of carbonyl (C=O) groups is 1. The SMILES string of the molecule is Cc1cc(OCC(=O)c2ccccc2)nc(=O)[nH]1. The molecule has 2 aromatic rings. The molecule has 0 aliphatic carbocycles. The Kier molecular flexibility index (Phi) is 3.52. The standard InChI is InChI=1S/C13H12N2O3/c1-9-7-12(15-13(17)14-9)18-8-11(16)10-5-3-2-4-6-10/h2-7H,8H2,1H3,(H,14,15,17). The predicted octanol–water partition coefficient (Wildman–Crippen LogP) is 1.34. The number of aryl methyl sites for hydroxylation is 1. The number of hydrogen-bond donors (Lipinski definition) is 1. The highest BCUT2D eigenvalue weighted by Gasteiger charge is 2.07. The van der Waals surface area contributed by atoms with Gasteiger partial charge in [0.2, 0.25) is 5.88 Å². The molecule has 0 bridgehead atoms. The summed E-state index contributed by atoms with van der Waals surface area (Å²) in [5.41, 5.74) is 0.716. The van der Waals surface area contributed by atoms with E-state index < -0.39 is 5.69 Å². The molecule has 0 atom stereocenters. The van der Waals surface area contributed by atoms with Crippen molar-refractivity contribution in [1.82, 2.24) is 9.97 Å². The van der Waals surface area contributed by atoms with Crippen molar-refractivity contribution in [3.05, 3.63) is 58.1 Å². The molecule has 0 aliphatic heterocycles. The van der Waals surface area contributed by atoms with E-state index in [2.05, 4.69) is 9.97 Å². The van der Waals surface area contributed by atoms with Gasteiger partial charge in [0.25, 0.3) is 0 Å². The zero-order valence-electron chi connectivity index (χ0n) is 9.84. The van der Waals surface area contributed by atoms with Crippen molar-refractivity contribution in [2.24, 2.45) is 0 Å². The highest BCUT2D eigenvalue weighted by Crippen LogP contribution is 2.06. The lowest BCUT2D eigenvalue weighted by Gasteiger charge is -2.04. The van der Waals surface area contributed by atoms with Gasteiger partial charge in [0.05, 0.1) is 0 Å². The van der Waals surface area contributed by atoms with E-state index in [-0.39, 0.29) is 18.3 Å². The van der Waals surface area contributed by atoms with E-state index in [1.54, 1.807) is 37.3 Å². The van der Waals surface area contributed by atoms with Crippen LogP contribution in [0.15, 0.2) is 41.2 Å². The van der Waals surface area contributed by atoms with E-state index in [0.29, 0.717) is 11.3 Å². The molecule has 0 radical (unpaired) electrons. The molecule has 2 rings (SSSR count). The maximum Gasteiger partial charge on any atom is 0.348 e. The van der Waals surface area contributed by atoms with E-state index in [4.69, 9.17) is 4.74 Å². The summed E-state index contributed by atoms with van der Waals surface area (Å²) < 4.78 is 5.20. The Morgan fingerprint density at radius 2 is 2.06 bits per heavy atom. The van der Waals surface area contributed by atoms with Gasteiger partial charge in [-0.15, -0.1) is 0 Å². The Labute approximate surface area is 103 Å². The smallest absolute Gasteiger partial charge is 0.348 e. The summed E-state index contributed by atoms with van der Waals surface area (Å²) in [4.78, 5) is 29.0. The monoisotopic (exact) mass is 244 g/mol. The Morgan fingerprint density at radius 3 is 2.72 bits per heavy atom. The van der Waals surface area contributed by atoms with Gasteiger partial charge in [-0.1, -0.05) is 30.3 Å². The summed E-state index contributed by atoms with van der Waals surface area (Å²) in [5.74, 6) is -0.00383. The van der Waals surface area contributed by atoms with Crippen LogP contribution in [-0.4, -0.2) is 22.4 Å². The summed E-state index contributed by atoms with van der Waals surface area (Å²) in [5, 5.41) is 0. The van der Waals surface area contributed by atoms with Crippen LogP contribution in [0.1, 0.15) is 16.1 Å². The molecular formula is C13H12N2O3. The van der Waals surface area contributed by atoms with Gasteiger partial charge in [0.15, 0.2) is 12.4 Å². The van der Waals surface area contributed by atoms with Crippen LogP contribution in [0.4, 0.5) is 0 Å². The molecule has 18 heavy (non-hydrogen) atoms. The fourth-order valence-electron chi connectivity index (χ4n) is 1.47. The van der Waals surface area contributed by atoms with Gasteiger partial charge in [-0.3, -0.25) is 4.79 Å². The number of nitrogens with one attached hydrogen (secondary N) is 1. The maximum atomic E-state index is 11.7. The minimum absolute atomic E-state index is 0.139. The molecule has 5 heteroatoms. The lowest BCUT2D eigenvalue weighted by molar-refractivity contribution is 0.0917. The maximum absolute atomic E-state index is 11.7. The van der Waals surface area contributed by atoms with Crippen LogP contribution in [-0.2, 0) is 0 Å². The molecule has 0 aliphatic rings. The van der Waals surface area contributed by atoms with Crippen LogP contribution in [0.25, 0.3) is 0 Å². The summed E-state index contributed by atoms with van der Waals surface area (Å²) in [7, 11) is 0. The Hall–Kier alpha value is -2.43. The van der Waals surface area contributed by atoms with Gasteiger partial charge in [-0.05, 0) is 6.92 Å². The predicted molar refractivity (Wildman–Crippen MR) is 65.9 cm³/mol. The number of ether oxygens (including phenoxy) is 1. The third kappa shape index (κ3) is 3.04. The summed E-state index contributed by atoms with van der Waals surface area (Å²) in [6.07, 6.45) is 0. The number of benzene rings is 1.